The second kappa shape index (κ2) is 16.7. The lowest BCUT2D eigenvalue weighted by Gasteiger charge is -2.48. The normalized spacial score (nSPS) is 21.4. The first-order chi connectivity index (χ1) is 35.3. The maximum atomic E-state index is 6.76. The van der Waals surface area contributed by atoms with Crippen LogP contribution in [0.25, 0.3) is 11.1 Å². The van der Waals surface area contributed by atoms with Crippen LogP contribution in [0.3, 0.4) is 0 Å². The van der Waals surface area contributed by atoms with Crippen LogP contribution < -0.4 is 36.8 Å². The van der Waals surface area contributed by atoms with Crippen molar-refractivity contribution in [3.05, 3.63) is 167 Å². The lowest BCUT2D eigenvalue weighted by atomic mass is 9.33. The lowest BCUT2D eigenvalue weighted by Crippen LogP contribution is -2.62. The summed E-state index contributed by atoms with van der Waals surface area (Å²) < 4.78 is 0. The minimum Gasteiger partial charge on any atom is -0.399 e. The largest absolute Gasteiger partial charge is 0.399 e. The predicted octanol–water partition coefficient (Wildman–Crippen LogP) is 17.1. The highest BCUT2D eigenvalue weighted by molar-refractivity contribution is 7.00. The Labute approximate surface area is 450 Å². The van der Waals surface area contributed by atoms with Crippen molar-refractivity contribution in [3.8, 4) is 11.1 Å². The van der Waals surface area contributed by atoms with E-state index in [0.29, 0.717) is 11.8 Å². The molecule has 3 unspecified atom stereocenters. The summed E-state index contributed by atoms with van der Waals surface area (Å²) in [6.07, 6.45) is 5.77. The number of nitrogens with two attached hydrogens (primary N) is 1. The van der Waals surface area contributed by atoms with Gasteiger partial charge in [0.15, 0.2) is 0 Å². The van der Waals surface area contributed by atoms with Crippen LogP contribution in [0.5, 0.6) is 0 Å². The van der Waals surface area contributed by atoms with Gasteiger partial charge in [0, 0.05) is 56.5 Å². The second-order valence-corrected chi connectivity index (χ2v) is 28.0. The average molecular weight is 989 g/mol. The van der Waals surface area contributed by atoms with Crippen LogP contribution in [-0.2, 0) is 27.1 Å². The fraction of sp³-hybridized carbons (Fsp3) is 0.400. The average Bonchev–Trinajstić information content (AvgIpc) is 3.85. The van der Waals surface area contributed by atoms with Crippen molar-refractivity contribution < 1.29 is 0 Å². The van der Waals surface area contributed by atoms with Crippen LogP contribution in [0.2, 0.25) is 0 Å². The van der Waals surface area contributed by atoms with Crippen LogP contribution in [0.1, 0.15) is 175 Å². The number of rotatable bonds is 5. The number of benzene rings is 7. The van der Waals surface area contributed by atoms with Crippen molar-refractivity contribution in [1.82, 2.24) is 0 Å². The van der Waals surface area contributed by atoms with Gasteiger partial charge in [-0.2, -0.15) is 0 Å². The summed E-state index contributed by atoms with van der Waals surface area (Å²) in [6.45, 7) is 36.1. The zero-order valence-corrected chi connectivity index (χ0v) is 47.9. The summed E-state index contributed by atoms with van der Waals surface area (Å²) in [5.74, 6) is 0.980. The van der Waals surface area contributed by atoms with E-state index in [0.717, 1.165) is 18.5 Å². The van der Waals surface area contributed by atoms with Crippen molar-refractivity contribution in [2.75, 3.05) is 20.4 Å². The smallest absolute Gasteiger partial charge is 0.252 e. The predicted molar refractivity (Wildman–Crippen MR) is 324 cm³/mol. The molecule has 75 heavy (non-hydrogen) atoms. The zero-order valence-electron chi connectivity index (χ0n) is 47.9. The van der Waals surface area contributed by atoms with Gasteiger partial charge in [-0.05, 0) is 188 Å². The van der Waals surface area contributed by atoms with Gasteiger partial charge in [-0.15, -0.1) is 0 Å². The molecular formula is C70H81BN4. The van der Waals surface area contributed by atoms with Crippen molar-refractivity contribution in [2.24, 2.45) is 5.92 Å². The first kappa shape index (κ1) is 49.7. The molecule has 0 spiro atoms. The Bertz CT molecular complexity index is 3450. The molecule has 5 heteroatoms. The number of fused-ring (bicyclic) bond motifs is 8. The van der Waals surface area contributed by atoms with Gasteiger partial charge in [-0.25, -0.2) is 0 Å². The van der Waals surface area contributed by atoms with Crippen molar-refractivity contribution in [3.63, 3.8) is 0 Å². The number of nitrogen functional groups attached to an aromatic ring is 1. The topological polar surface area (TPSA) is 35.7 Å². The Hall–Kier alpha value is -6.20. The van der Waals surface area contributed by atoms with Gasteiger partial charge in [0.2, 0.25) is 0 Å². The highest BCUT2D eigenvalue weighted by atomic mass is 15.3. The van der Waals surface area contributed by atoms with Crippen LogP contribution in [0.4, 0.5) is 51.2 Å². The molecule has 3 atom stereocenters. The van der Waals surface area contributed by atoms with Gasteiger partial charge in [0.05, 0.1) is 11.2 Å². The molecule has 0 amide bonds. The van der Waals surface area contributed by atoms with Crippen LogP contribution in [0.15, 0.2) is 133 Å². The van der Waals surface area contributed by atoms with Crippen LogP contribution in [0, 0.1) is 5.92 Å². The van der Waals surface area contributed by atoms with Gasteiger partial charge in [0.25, 0.3) is 6.71 Å². The van der Waals surface area contributed by atoms with E-state index in [4.69, 9.17) is 5.73 Å². The summed E-state index contributed by atoms with van der Waals surface area (Å²) in [6, 6.07) is 53.0. The fourth-order valence-electron chi connectivity index (χ4n) is 14.7. The quantitative estimate of drug-likeness (QED) is 0.138. The van der Waals surface area contributed by atoms with Crippen molar-refractivity contribution in [2.45, 2.75) is 174 Å². The molecule has 384 valence electrons. The van der Waals surface area contributed by atoms with E-state index < -0.39 is 0 Å². The SMILES string of the molecule is CC(C)C1CCC(C)(C)c2cc3c(cc21)N(c1ccc(C(C)(C)C)cc1-c1ccccc1)c1cc(N2c4ccc(N)cc4C4(C)CCCC24C)cc2c1B3c1ccc(C(C)(C)C)cc1N2c1cccc(C(C)(C)C)c1. The number of nitrogens with zero attached hydrogens (tertiary/aromatic N) is 3. The Kier molecular flexibility index (Phi) is 11.0. The van der Waals surface area contributed by atoms with E-state index >= 15 is 0 Å². The first-order valence-electron chi connectivity index (χ1n) is 28.4. The Morgan fingerprint density at radius 1 is 0.533 bits per heavy atom. The van der Waals surface area contributed by atoms with Crippen molar-refractivity contribution >= 4 is 74.3 Å². The van der Waals surface area contributed by atoms with Gasteiger partial charge < -0.3 is 20.4 Å². The molecule has 0 saturated heterocycles. The molecular weight excluding hydrogens is 908 g/mol. The van der Waals surface area contributed by atoms with Gasteiger partial charge in [0.1, 0.15) is 0 Å². The summed E-state index contributed by atoms with van der Waals surface area (Å²) >= 11 is 0. The standard InChI is InChI=1S/C70H81BN4/c1-43(2)51-31-34-68(12,13)54-42-57-61(41-53(51)54)74(58-29-26-46(66(6,7)8)36-52(58)44-21-17-16-18-22-44)63-40-50(75-59-30-27-48(72)38-55(59)69(14)32-20-33-70(69,75)15)39-62-64(63)71(57)56-28-25-47(67(9,10)11)37-60(56)73(62)49-24-19-23-45(35-49)65(3,4)5/h16-19,21-30,35-43,51H,20,31-34,72H2,1-15H3. The molecule has 1 saturated carbocycles. The van der Waals surface area contributed by atoms with Crippen LogP contribution >= 0.6 is 0 Å². The Balaban J connectivity index is 1.27. The number of hydrogen-bond acceptors (Lipinski definition) is 4. The Morgan fingerprint density at radius 2 is 1.17 bits per heavy atom. The first-order valence-corrected chi connectivity index (χ1v) is 28.4. The molecule has 4 nitrogen and oxygen atoms in total. The van der Waals surface area contributed by atoms with Crippen LogP contribution in [-0.4, -0.2) is 12.3 Å². The van der Waals surface area contributed by atoms with Gasteiger partial charge >= 0.3 is 0 Å². The molecule has 0 radical (unpaired) electrons. The maximum Gasteiger partial charge on any atom is 0.252 e. The van der Waals surface area contributed by atoms with Gasteiger partial charge in [-0.1, -0.05) is 170 Å². The van der Waals surface area contributed by atoms with E-state index in [-0.39, 0.29) is 39.3 Å². The molecule has 2 N–H and O–H groups in total. The lowest BCUT2D eigenvalue weighted by molar-refractivity contribution is 0.330. The second-order valence-electron chi connectivity index (χ2n) is 28.0. The molecule has 5 aliphatic rings. The number of hydrogen-bond donors (Lipinski definition) is 1. The molecule has 3 aliphatic heterocycles. The minimum atomic E-state index is -0.178. The monoisotopic (exact) mass is 989 g/mol. The number of anilines is 9. The molecule has 1 fully saturated rings. The highest BCUT2D eigenvalue weighted by Crippen LogP contribution is 2.64. The fourth-order valence-corrected chi connectivity index (χ4v) is 14.7. The highest BCUT2D eigenvalue weighted by Gasteiger charge is 2.60. The molecule has 0 aromatic heterocycles. The van der Waals surface area contributed by atoms with E-state index in [2.05, 4.69) is 252 Å². The van der Waals surface area contributed by atoms with E-state index in [1.165, 1.54) is 126 Å². The van der Waals surface area contributed by atoms with Crippen molar-refractivity contribution in [1.29, 1.82) is 0 Å². The molecule has 2 aliphatic carbocycles. The summed E-state index contributed by atoms with van der Waals surface area (Å²) in [4.78, 5) is 8.19. The third-order valence-corrected chi connectivity index (χ3v) is 19.4. The summed E-state index contributed by atoms with van der Waals surface area (Å²) in [5, 5.41) is 0. The maximum absolute atomic E-state index is 6.76. The Morgan fingerprint density at radius 3 is 1.87 bits per heavy atom. The van der Waals surface area contributed by atoms with E-state index in [1.807, 2.05) is 0 Å². The zero-order chi connectivity index (χ0) is 53.1. The minimum absolute atomic E-state index is 0.0195. The molecule has 0 bridgehead atoms. The summed E-state index contributed by atoms with van der Waals surface area (Å²) in [7, 11) is 0. The summed E-state index contributed by atoms with van der Waals surface area (Å²) in [5.41, 5.74) is 32.3. The van der Waals surface area contributed by atoms with E-state index in [9.17, 15) is 0 Å². The molecule has 7 aromatic rings. The molecule has 3 heterocycles. The van der Waals surface area contributed by atoms with Gasteiger partial charge in [-0.3, -0.25) is 0 Å². The third kappa shape index (κ3) is 7.50. The molecule has 12 rings (SSSR count). The van der Waals surface area contributed by atoms with E-state index in [1.54, 1.807) is 0 Å². The third-order valence-electron chi connectivity index (χ3n) is 19.4. The molecule has 7 aromatic carbocycles.